The highest BCUT2D eigenvalue weighted by Crippen LogP contribution is 2.36. The number of aromatic nitrogens is 3. The summed E-state index contributed by atoms with van der Waals surface area (Å²) in [5.74, 6) is 1.56. The van der Waals surface area contributed by atoms with E-state index in [4.69, 9.17) is 15.2 Å². The molecular formula is C22H23N7S. The van der Waals surface area contributed by atoms with Gasteiger partial charge < -0.3 is 15.5 Å². The number of nitriles is 1. The normalized spacial score (nSPS) is 18.1. The summed E-state index contributed by atoms with van der Waals surface area (Å²) < 4.78 is 0. The van der Waals surface area contributed by atoms with Crippen LogP contribution in [-0.2, 0) is 13.0 Å². The number of nitrogens with one attached hydrogen (secondary N) is 2. The van der Waals surface area contributed by atoms with E-state index in [9.17, 15) is 0 Å². The summed E-state index contributed by atoms with van der Waals surface area (Å²) in [4.78, 5) is 17.2. The molecule has 0 bridgehead atoms. The first-order valence-corrected chi connectivity index (χ1v) is 11.1. The highest BCUT2D eigenvalue weighted by molar-refractivity contribution is 7.16. The van der Waals surface area contributed by atoms with Crippen molar-refractivity contribution in [1.29, 1.82) is 5.26 Å². The number of fused-ring (bicyclic) bond motifs is 1. The maximum absolute atomic E-state index is 9.10. The van der Waals surface area contributed by atoms with Crippen molar-refractivity contribution < 1.29 is 0 Å². The highest BCUT2D eigenvalue weighted by Gasteiger charge is 2.30. The Morgan fingerprint density at radius 2 is 2.13 bits per heavy atom. The topological polar surface area (TPSA) is 89.8 Å². The Morgan fingerprint density at radius 3 is 2.93 bits per heavy atom. The number of benzene rings is 1. The van der Waals surface area contributed by atoms with Crippen molar-refractivity contribution in [3.8, 4) is 6.07 Å². The summed E-state index contributed by atoms with van der Waals surface area (Å²) in [6.45, 7) is 4.71. The van der Waals surface area contributed by atoms with Gasteiger partial charge in [-0.05, 0) is 25.3 Å². The van der Waals surface area contributed by atoms with Crippen molar-refractivity contribution in [2.75, 3.05) is 23.3 Å². The second-order valence-electron chi connectivity index (χ2n) is 7.75. The van der Waals surface area contributed by atoms with Crippen molar-refractivity contribution in [2.24, 2.45) is 0 Å². The van der Waals surface area contributed by atoms with Crippen molar-refractivity contribution in [3.05, 3.63) is 57.7 Å². The second kappa shape index (κ2) is 8.01. The number of nitrogens with zero attached hydrogens (tertiary/aromatic N) is 5. The van der Waals surface area contributed by atoms with Gasteiger partial charge in [0.25, 0.3) is 0 Å². The molecule has 1 unspecified atom stereocenters. The predicted octanol–water partition coefficient (Wildman–Crippen LogP) is 3.84. The maximum atomic E-state index is 9.10. The third kappa shape index (κ3) is 3.62. The maximum Gasteiger partial charge on any atom is 0.228 e. The van der Waals surface area contributed by atoms with E-state index in [1.54, 1.807) is 6.20 Å². The van der Waals surface area contributed by atoms with E-state index in [-0.39, 0.29) is 0 Å². The molecule has 0 saturated carbocycles. The zero-order chi connectivity index (χ0) is 20.5. The number of aryl methyl sites for hydroxylation is 1. The molecule has 2 aliphatic rings. The summed E-state index contributed by atoms with van der Waals surface area (Å²) in [7, 11) is 0. The molecule has 1 aromatic carbocycles. The fraction of sp³-hybridized carbons (Fsp3) is 0.364. The number of thiazole rings is 1. The van der Waals surface area contributed by atoms with E-state index in [0.29, 0.717) is 16.1 Å². The van der Waals surface area contributed by atoms with Gasteiger partial charge in [-0.2, -0.15) is 10.2 Å². The lowest BCUT2D eigenvalue weighted by atomic mass is 10.0. The van der Waals surface area contributed by atoms with Crippen LogP contribution in [0.4, 0.5) is 16.9 Å². The zero-order valence-electron chi connectivity index (χ0n) is 16.9. The highest BCUT2D eigenvalue weighted by atomic mass is 32.1. The first kappa shape index (κ1) is 19.0. The standard InChI is InChI=1S/C22H23N7S/c1-14-4-6-15(7-5-14)19-3-2-10-29(19)21-26-18-8-9-24-13-17(18)20(27-21)28-22-25-12-16(11-23)30-22/h4-7,12,19,24H,2-3,8-10,13H2,1H3,(H,25,26,27,28). The monoisotopic (exact) mass is 417 g/mol. The van der Waals surface area contributed by atoms with Gasteiger partial charge in [0.2, 0.25) is 5.95 Å². The van der Waals surface area contributed by atoms with Gasteiger partial charge in [0.1, 0.15) is 16.8 Å². The molecule has 3 aromatic rings. The molecular weight excluding hydrogens is 394 g/mol. The Hall–Kier alpha value is -3.02. The van der Waals surface area contributed by atoms with Crippen LogP contribution in [0.25, 0.3) is 0 Å². The van der Waals surface area contributed by atoms with Crippen LogP contribution in [0.3, 0.4) is 0 Å². The van der Waals surface area contributed by atoms with Crippen molar-refractivity contribution >= 4 is 28.2 Å². The molecule has 1 fully saturated rings. The SMILES string of the molecule is Cc1ccc(C2CCCN2c2nc3c(c(Nc4ncc(C#N)s4)n2)CNCC3)cc1. The number of hydrogen-bond donors (Lipinski definition) is 2. The van der Waals surface area contributed by atoms with Crippen LogP contribution in [0.1, 0.15) is 46.1 Å². The average Bonchev–Trinajstić information content (AvgIpc) is 3.44. The first-order chi connectivity index (χ1) is 14.7. The fourth-order valence-electron chi connectivity index (χ4n) is 4.19. The molecule has 4 heterocycles. The molecule has 0 radical (unpaired) electrons. The van der Waals surface area contributed by atoms with Crippen LogP contribution in [0.2, 0.25) is 0 Å². The van der Waals surface area contributed by atoms with Crippen molar-refractivity contribution in [1.82, 2.24) is 20.3 Å². The lowest BCUT2D eigenvalue weighted by molar-refractivity contribution is 0.622. The van der Waals surface area contributed by atoms with Crippen molar-refractivity contribution in [3.63, 3.8) is 0 Å². The molecule has 0 spiro atoms. The number of rotatable bonds is 4. The lowest BCUT2D eigenvalue weighted by Crippen LogP contribution is -2.30. The van der Waals surface area contributed by atoms with Crippen LogP contribution in [0.5, 0.6) is 0 Å². The Labute approximate surface area is 179 Å². The van der Waals surface area contributed by atoms with Gasteiger partial charge in [-0.25, -0.2) is 9.97 Å². The van der Waals surface area contributed by atoms with Crippen LogP contribution in [0, 0.1) is 18.3 Å². The molecule has 7 nitrogen and oxygen atoms in total. The van der Waals surface area contributed by atoms with E-state index < -0.39 is 0 Å². The van der Waals surface area contributed by atoms with Crippen molar-refractivity contribution in [2.45, 2.75) is 38.8 Å². The summed E-state index contributed by atoms with van der Waals surface area (Å²) in [6.07, 6.45) is 4.70. The molecule has 5 rings (SSSR count). The van der Waals surface area contributed by atoms with Gasteiger partial charge in [-0.3, -0.25) is 0 Å². The molecule has 8 heteroatoms. The fourth-order valence-corrected chi connectivity index (χ4v) is 4.80. The third-order valence-electron chi connectivity index (χ3n) is 5.73. The largest absolute Gasteiger partial charge is 0.334 e. The minimum atomic E-state index is 0.295. The first-order valence-electron chi connectivity index (χ1n) is 10.3. The van der Waals surface area contributed by atoms with Gasteiger partial charge >= 0.3 is 0 Å². The Bertz CT molecular complexity index is 1100. The molecule has 0 aliphatic carbocycles. The van der Waals surface area contributed by atoms with Gasteiger partial charge in [-0.15, -0.1) is 0 Å². The molecule has 2 aromatic heterocycles. The molecule has 2 aliphatic heterocycles. The molecule has 152 valence electrons. The van der Waals surface area contributed by atoms with E-state index in [0.717, 1.165) is 61.9 Å². The van der Waals surface area contributed by atoms with E-state index >= 15 is 0 Å². The molecule has 0 amide bonds. The van der Waals surface area contributed by atoms with Crippen LogP contribution in [0.15, 0.2) is 30.5 Å². The molecule has 30 heavy (non-hydrogen) atoms. The zero-order valence-corrected chi connectivity index (χ0v) is 17.7. The summed E-state index contributed by atoms with van der Waals surface area (Å²) >= 11 is 1.34. The molecule has 1 saturated heterocycles. The third-order valence-corrected chi connectivity index (χ3v) is 6.55. The van der Waals surface area contributed by atoms with Gasteiger partial charge in [-0.1, -0.05) is 41.2 Å². The average molecular weight is 418 g/mol. The summed E-state index contributed by atoms with van der Waals surface area (Å²) in [5.41, 5.74) is 4.76. The predicted molar refractivity (Wildman–Crippen MR) is 118 cm³/mol. The van der Waals surface area contributed by atoms with E-state index in [1.807, 2.05) is 0 Å². The van der Waals surface area contributed by atoms with Crippen LogP contribution in [-0.4, -0.2) is 28.0 Å². The lowest BCUT2D eigenvalue weighted by Gasteiger charge is -2.28. The summed E-state index contributed by atoms with van der Waals surface area (Å²) in [6, 6.07) is 11.2. The Balaban J connectivity index is 1.51. The number of anilines is 3. The van der Waals surface area contributed by atoms with E-state index in [2.05, 4.69) is 57.8 Å². The quantitative estimate of drug-likeness (QED) is 0.666. The molecule has 1 atom stereocenters. The minimum Gasteiger partial charge on any atom is -0.334 e. The minimum absolute atomic E-state index is 0.295. The summed E-state index contributed by atoms with van der Waals surface area (Å²) in [5, 5.41) is 16.5. The van der Waals surface area contributed by atoms with Gasteiger partial charge in [0.15, 0.2) is 5.13 Å². The molecule has 2 N–H and O–H groups in total. The second-order valence-corrected chi connectivity index (χ2v) is 8.78. The number of hydrogen-bond acceptors (Lipinski definition) is 8. The van der Waals surface area contributed by atoms with Crippen LogP contribution >= 0.6 is 11.3 Å². The van der Waals surface area contributed by atoms with Gasteiger partial charge in [0.05, 0.1) is 17.9 Å². The smallest absolute Gasteiger partial charge is 0.228 e. The Kier molecular flexibility index (Phi) is 5.07. The van der Waals surface area contributed by atoms with Gasteiger partial charge in [0, 0.05) is 31.6 Å². The Morgan fingerprint density at radius 1 is 1.27 bits per heavy atom. The van der Waals surface area contributed by atoms with Crippen LogP contribution < -0.4 is 15.5 Å². The van der Waals surface area contributed by atoms with E-state index in [1.165, 1.54) is 22.5 Å².